The van der Waals surface area contributed by atoms with Gasteiger partial charge in [0.25, 0.3) is 5.91 Å². The van der Waals surface area contributed by atoms with E-state index in [1.165, 1.54) is 5.56 Å². The molecule has 1 aromatic carbocycles. The van der Waals surface area contributed by atoms with Gasteiger partial charge in [0.2, 0.25) is 0 Å². The van der Waals surface area contributed by atoms with Crippen LogP contribution in [0.4, 0.5) is 0 Å². The molecule has 0 saturated carbocycles. The van der Waals surface area contributed by atoms with Crippen LogP contribution in [0.1, 0.15) is 35.8 Å². The zero-order valence-electron chi connectivity index (χ0n) is 9.69. The molecule has 1 aromatic heterocycles. The molecule has 0 fully saturated rings. The minimum atomic E-state index is -0.480. The number of nitrogens with zero attached hydrogens (tertiary/aromatic N) is 2. The Labute approximate surface area is 94.0 Å². The third-order valence-electron chi connectivity index (χ3n) is 2.77. The molecule has 4 heteroatoms. The van der Waals surface area contributed by atoms with Gasteiger partial charge in [-0.15, -0.1) is 0 Å². The first-order valence-electron chi connectivity index (χ1n) is 5.27. The second-order valence-corrected chi connectivity index (χ2v) is 4.27. The minimum absolute atomic E-state index is 0.347. The first-order chi connectivity index (χ1) is 7.50. The monoisotopic (exact) mass is 217 g/mol. The van der Waals surface area contributed by atoms with Crippen molar-refractivity contribution in [1.82, 2.24) is 9.78 Å². The maximum atomic E-state index is 11.3. The van der Waals surface area contributed by atoms with Gasteiger partial charge in [-0.25, -0.2) is 0 Å². The zero-order valence-corrected chi connectivity index (χ0v) is 9.69. The molecular formula is C12H15N3O. The number of hydrogen-bond acceptors (Lipinski definition) is 2. The summed E-state index contributed by atoms with van der Waals surface area (Å²) >= 11 is 0. The average molecular weight is 217 g/mol. The Hall–Kier alpha value is -1.84. The molecule has 0 saturated heterocycles. The molecule has 0 bridgehead atoms. The van der Waals surface area contributed by atoms with Crippen molar-refractivity contribution in [3.05, 3.63) is 29.5 Å². The molecule has 0 spiro atoms. The van der Waals surface area contributed by atoms with E-state index in [1.54, 1.807) is 4.68 Å². The summed E-state index contributed by atoms with van der Waals surface area (Å²) in [6.07, 6.45) is 0. The molecule has 0 radical (unpaired) electrons. The Morgan fingerprint density at radius 1 is 1.44 bits per heavy atom. The van der Waals surface area contributed by atoms with Gasteiger partial charge in [-0.3, -0.25) is 9.48 Å². The smallest absolute Gasteiger partial charge is 0.269 e. The molecule has 84 valence electrons. The average Bonchev–Trinajstić information content (AvgIpc) is 2.56. The number of nitrogens with two attached hydrogens (primary N) is 1. The molecule has 0 unspecified atom stereocenters. The van der Waals surface area contributed by atoms with Gasteiger partial charge in [-0.1, -0.05) is 19.9 Å². The second kappa shape index (κ2) is 3.63. The molecule has 1 amide bonds. The number of benzene rings is 1. The van der Waals surface area contributed by atoms with E-state index in [0.29, 0.717) is 11.6 Å². The Balaban J connectivity index is 2.74. The molecular weight excluding hydrogens is 202 g/mol. The summed E-state index contributed by atoms with van der Waals surface area (Å²) in [5, 5.41) is 4.97. The van der Waals surface area contributed by atoms with Crippen molar-refractivity contribution in [2.75, 3.05) is 0 Å². The van der Waals surface area contributed by atoms with E-state index in [9.17, 15) is 4.79 Å². The van der Waals surface area contributed by atoms with Crippen LogP contribution in [0.15, 0.2) is 18.2 Å². The SMILES string of the molecule is CC(C)c1ccc2c(c1)c(C(N)=O)nn2C. The van der Waals surface area contributed by atoms with E-state index in [1.807, 2.05) is 19.2 Å². The van der Waals surface area contributed by atoms with Crippen molar-refractivity contribution >= 4 is 16.8 Å². The molecule has 0 atom stereocenters. The highest BCUT2D eigenvalue weighted by Crippen LogP contribution is 2.23. The lowest BCUT2D eigenvalue weighted by atomic mass is 10.0. The Morgan fingerprint density at radius 3 is 2.69 bits per heavy atom. The molecule has 0 aliphatic rings. The Kier molecular flexibility index (Phi) is 2.42. The highest BCUT2D eigenvalue weighted by atomic mass is 16.1. The lowest BCUT2D eigenvalue weighted by Gasteiger charge is -2.05. The van der Waals surface area contributed by atoms with Gasteiger partial charge in [0.15, 0.2) is 5.69 Å². The third-order valence-corrected chi connectivity index (χ3v) is 2.77. The summed E-state index contributed by atoms with van der Waals surface area (Å²) < 4.78 is 1.68. The second-order valence-electron chi connectivity index (χ2n) is 4.27. The van der Waals surface area contributed by atoms with E-state index >= 15 is 0 Å². The number of aromatic nitrogens is 2. The summed E-state index contributed by atoms with van der Waals surface area (Å²) in [5.74, 6) is -0.0585. The quantitative estimate of drug-likeness (QED) is 0.833. The summed E-state index contributed by atoms with van der Waals surface area (Å²) in [7, 11) is 1.81. The van der Waals surface area contributed by atoms with Crippen LogP contribution in [0.5, 0.6) is 0 Å². The summed E-state index contributed by atoms with van der Waals surface area (Å²) in [4.78, 5) is 11.3. The Morgan fingerprint density at radius 2 is 2.12 bits per heavy atom. The highest BCUT2D eigenvalue weighted by molar-refractivity contribution is 6.04. The highest BCUT2D eigenvalue weighted by Gasteiger charge is 2.14. The van der Waals surface area contributed by atoms with Crippen LogP contribution in [0, 0.1) is 0 Å². The van der Waals surface area contributed by atoms with Crippen LogP contribution < -0.4 is 5.73 Å². The molecule has 2 rings (SSSR count). The number of amides is 1. The van der Waals surface area contributed by atoms with Gasteiger partial charge in [0.05, 0.1) is 5.52 Å². The van der Waals surface area contributed by atoms with Crippen molar-refractivity contribution in [2.24, 2.45) is 12.8 Å². The van der Waals surface area contributed by atoms with Crippen LogP contribution in [0.3, 0.4) is 0 Å². The van der Waals surface area contributed by atoms with E-state index in [2.05, 4.69) is 25.0 Å². The van der Waals surface area contributed by atoms with Crippen LogP contribution in [0.25, 0.3) is 10.9 Å². The van der Waals surface area contributed by atoms with Gasteiger partial charge >= 0.3 is 0 Å². The van der Waals surface area contributed by atoms with Crippen LogP contribution >= 0.6 is 0 Å². The molecule has 2 aromatic rings. The lowest BCUT2D eigenvalue weighted by Crippen LogP contribution is -2.12. The predicted molar refractivity (Wildman–Crippen MR) is 63.3 cm³/mol. The van der Waals surface area contributed by atoms with Crippen molar-refractivity contribution in [3.8, 4) is 0 Å². The van der Waals surface area contributed by atoms with Crippen LogP contribution in [0.2, 0.25) is 0 Å². The molecule has 0 aliphatic carbocycles. The van der Waals surface area contributed by atoms with E-state index in [-0.39, 0.29) is 0 Å². The van der Waals surface area contributed by atoms with Gasteiger partial charge in [-0.05, 0) is 23.6 Å². The number of primary amides is 1. The van der Waals surface area contributed by atoms with Crippen molar-refractivity contribution in [1.29, 1.82) is 0 Å². The molecule has 0 aliphatic heterocycles. The van der Waals surface area contributed by atoms with E-state index < -0.39 is 5.91 Å². The lowest BCUT2D eigenvalue weighted by molar-refractivity contribution is 0.0996. The minimum Gasteiger partial charge on any atom is -0.364 e. The fraction of sp³-hybridized carbons (Fsp3) is 0.333. The topological polar surface area (TPSA) is 60.9 Å². The van der Waals surface area contributed by atoms with E-state index in [4.69, 9.17) is 5.73 Å². The standard InChI is InChI=1S/C12H15N3O/c1-7(2)8-4-5-10-9(6-8)11(12(13)16)14-15(10)3/h4-7H,1-3H3,(H2,13,16). The molecule has 16 heavy (non-hydrogen) atoms. The molecule has 1 heterocycles. The largest absolute Gasteiger partial charge is 0.364 e. The van der Waals surface area contributed by atoms with Crippen LogP contribution in [-0.4, -0.2) is 15.7 Å². The van der Waals surface area contributed by atoms with E-state index in [0.717, 1.165) is 10.9 Å². The maximum absolute atomic E-state index is 11.3. The van der Waals surface area contributed by atoms with Crippen molar-refractivity contribution in [3.63, 3.8) is 0 Å². The number of fused-ring (bicyclic) bond motifs is 1. The molecule has 2 N–H and O–H groups in total. The van der Waals surface area contributed by atoms with Crippen LogP contribution in [-0.2, 0) is 7.05 Å². The number of aryl methyl sites for hydroxylation is 1. The number of carbonyl (C=O) groups excluding carboxylic acids is 1. The number of carbonyl (C=O) groups is 1. The molecule has 4 nitrogen and oxygen atoms in total. The summed E-state index contributed by atoms with van der Waals surface area (Å²) in [5.41, 5.74) is 7.76. The van der Waals surface area contributed by atoms with Crippen molar-refractivity contribution in [2.45, 2.75) is 19.8 Å². The maximum Gasteiger partial charge on any atom is 0.269 e. The normalized spacial score (nSPS) is 11.2. The Bertz CT molecular complexity index is 555. The first kappa shape index (κ1) is 10.7. The number of rotatable bonds is 2. The van der Waals surface area contributed by atoms with Gasteiger partial charge in [0, 0.05) is 12.4 Å². The number of hydrogen-bond donors (Lipinski definition) is 1. The van der Waals surface area contributed by atoms with Gasteiger partial charge < -0.3 is 5.73 Å². The fourth-order valence-electron chi connectivity index (χ4n) is 1.82. The predicted octanol–water partition coefficient (Wildman–Crippen LogP) is 1.80. The van der Waals surface area contributed by atoms with Gasteiger partial charge in [-0.2, -0.15) is 5.10 Å². The zero-order chi connectivity index (χ0) is 11.9. The van der Waals surface area contributed by atoms with Gasteiger partial charge in [0.1, 0.15) is 0 Å². The summed E-state index contributed by atoms with van der Waals surface area (Å²) in [6.45, 7) is 4.23. The summed E-state index contributed by atoms with van der Waals surface area (Å²) in [6, 6.07) is 6.02. The van der Waals surface area contributed by atoms with Crippen molar-refractivity contribution < 1.29 is 4.79 Å². The third kappa shape index (κ3) is 1.56. The fourth-order valence-corrected chi connectivity index (χ4v) is 1.82. The first-order valence-corrected chi connectivity index (χ1v) is 5.27.